The van der Waals surface area contributed by atoms with E-state index in [9.17, 15) is 4.79 Å². The van der Waals surface area contributed by atoms with E-state index >= 15 is 0 Å². The van der Waals surface area contributed by atoms with Crippen molar-refractivity contribution >= 4 is 29.1 Å². The molecule has 0 spiro atoms. The highest BCUT2D eigenvalue weighted by atomic mass is 35.5. The molecular weight excluding hydrogens is 325 g/mol. The summed E-state index contributed by atoms with van der Waals surface area (Å²) in [4.78, 5) is 12.1. The predicted octanol–water partition coefficient (Wildman–Crippen LogP) is 3.69. The number of amides is 1. The molecule has 1 aliphatic heterocycles. The van der Waals surface area contributed by atoms with Gasteiger partial charge < -0.3 is 14.8 Å². The van der Waals surface area contributed by atoms with Gasteiger partial charge in [0.2, 0.25) is 0 Å². The molecule has 0 saturated heterocycles. The molecule has 1 N–H and O–H groups in total. The number of rotatable bonds is 3. The first-order chi connectivity index (χ1) is 10.6. The van der Waals surface area contributed by atoms with E-state index in [1.807, 2.05) is 6.07 Å². The number of carbonyl (C=O) groups excluding carboxylic acids is 1. The number of carbonyl (C=O) groups is 1. The van der Waals surface area contributed by atoms with Crippen molar-refractivity contribution in [1.82, 2.24) is 5.32 Å². The van der Waals surface area contributed by atoms with Crippen molar-refractivity contribution in [2.45, 2.75) is 6.54 Å². The van der Waals surface area contributed by atoms with Gasteiger partial charge >= 0.3 is 0 Å². The van der Waals surface area contributed by atoms with Crippen molar-refractivity contribution in [3.8, 4) is 11.5 Å². The maximum atomic E-state index is 12.1. The van der Waals surface area contributed by atoms with Crippen LogP contribution in [0.5, 0.6) is 11.5 Å². The Hall–Kier alpha value is -1.91. The molecule has 0 atom stereocenters. The fourth-order valence-corrected chi connectivity index (χ4v) is 2.57. The van der Waals surface area contributed by atoms with Crippen LogP contribution in [0, 0.1) is 0 Å². The second-order valence-electron chi connectivity index (χ2n) is 4.79. The van der Waals surface area contributed by atoms with E-state index < -0.39 is 0 Å². The summed E-state index contributed by atoms with van der Waals surface area (Å²) in [6.07, 6.45) is 0. The molecule has 0 radical (unpaired) electrons. The van der Waals surface area contributed by atoms with Crippen molar-refractivity contribution in [3.05, 3.63) is 57.6 Å². The van der Waals surface area contributed by atoms with Gasteiger partial charge in [0.05, 0.1) is 5.02 Å². The molecule has 1 aliphatic rings. The topological polar surface area (TPSA) is 47.6 Å². The fourth-order valence-electron chi connectivity index (χ4n) is 2.15. The van der Waals surface area contributed by atoms with Gasteiger partial charge in [-0.1, -0.05) is 23.2 Å². The number of halogens is 2. The molecule has 22 heavy (non-hydrogen) atoms. The van der Waals surface area contributed by atoms with Crippen molar-refractivity contribution < 1.29 is 14.3 Å². The lowest BCUT2D eigenvalue weighted by Crippen LogP contribution is -2.23. The minimum atomic E-state index is -0.178. The summed E-state index contributed by atoms with van der Waals surface area (Å²) >= 11 is 12.0. The monoisotopic (exact) mass is 337 g/mol. The second-order valence-corrected chi connectivity index (χ2v) is 5.64. The second kappa shape index (κ2) is 6.46. The maximum Gasteiger partial charge on any atom is 0.251 e. The Bertz CT molecular complexity index is 701. The lowest BCUT2D eigenvalue weighted by atomic mass is 10.1. The molecular formula is C16H13Cl2NO3. The van der Waals surface area contributed by atoms with Gasteiger partial charge in [-0.05, 0) is 42.0 Å². The molecule has 0 fully saturated rings. The van der Waals surface area contributed by atoms with Crippen LogP contribution in [0.25, 0.3) is 0 Å². The van der Waals surface area contributed by atoms with E-state index in [4.69, 9.17) is 32.7 Å². The first-order valence-electron chi connectivity index (χ1n) is 6.75. The third-order valence-corrected chi connectivity index (χ3v) is 3.75. The molecule has 6 heteroatoms. The SMILES string of the molecule is O=C(NCc1cc(Cl)c2c(c1)OCCO2)c1ccc(Cl)cc1. The average molecular weight is 338 g/mol. The molecule has 114 valence electrons. The van der Waals surface area contributed by atoms with Gasteiger partial charge in [0.25, 0.3) is 5.91 Å². The zero-order valence-electron chi connectivity index (χ0n) is 11.6. The number of hydrogen-bond acceptors (Lipinski definition) is 3. The number of ether oxygens (including phenoxy) is 2. The fraction of sp³-hybridized carbons (Fsp3) is 0.188. The summed E-state index contributed by atoms with van der Waals surface area (Å²) in [5.41, 5.74) is 1.39. The summed E-state index contributed by atoms with van der Waals surface area (Å²) < 4.78 is 11.0. The van der Waals surface area contributed by atoms with Crippen LogP contribution in [-0.4, -0.2) is 19.1 Å². The van der Waals surface area contributed by atoms with Crippen molar-refractivity contribution in [1.29, 1.82) is 0 Å². The van der Waals surface area contributed by atoms with Gasteiger partial charge in [-0.15, -0.1) is 0 Å². The minimum Gasteiger partial charge on any atom is -0.486 e. The highest BCUT2D eigenvalue weighted by molar-refractivity contribution is 6.32. The third-order valence-electron chi connectivity index (χ3n) is 3.22. The van der Waals surface area contributed by atoms with Crippen LogP contribution in [0.1, 0.15) is 15.9 Å². The third kappa shape index (κ3) is 3.29. The normalized spacial score (nSPS) is 12.8. The number of hydrogen-bond donors (Lipinski definition) is 1. The lowest BCUT2D eigenvalue weighted by molar-refractivity contribution is 0.0951. The van der Waals surface area contributed by atoms with Gasteiger partial charge in [0, 0.05) is 17.1 Å². The Morgan fingerprint density at radius 3 is 2.59 bits per heavy atom. The molecule has 2 aromatic rings. The Balaban J connectivity index is 1.70. The maximum absolute atomic E-state index is 12.1. The van der Waals surface area contributed by atoms with Crippen LogP contribution in [0.15, 0.2) is 36.4 Å². The van der Waals surface area contributed by atoms with Gasteiger partial charge in [-0.3, -0.25) is 4.79 Å². The first kappa shape index (κ1) is 15.0. The highest BCUT2D eigenvalue weighted by Gasteiger charge is 2.17. The Morgan fingerprint density at radius 2 is 1.82 bits per heavy atom. The highest BCUT2D eigenvalue weighted by Crippen LogP contribution is 2.38. The standard InChI is InChI=1S/C16H13Cl2NO3/c17-12-3-1-11(2-4-12)16(20)19-9-10-7-13(18)15-14(8-10)21-5-6-22-15/h1-4,7-8H,5-6,9H2,(H,19,20). The summed E-state index contributed by atoms with van der Waals surface area (Å²) in [7, 11) is 0. The minimum absolute atomic E-state index is 0.178. The molecule has 2 aromatic carbocycles. The van der Waals surface area contributed by atoms with E-state index in [-0.39, 0.29) is 5.91 Å². The van der Waals surface area contributed by atoms with E-state index in [1.165, 1.54) is 0 Å². The molecule has 0 aliphatic carbocycles. The van der Waals surface area contributed by atoms with Gasteiger partial charge in [0.15, 0.2) is 11.5 Å². The van der Waals surface area contributed by atoms with Crippen LogP contribution in [0.4, 0.5) is 0 Å². The Morgan fingerprint density at radius 1 is 1.09 bits per heavy atom. The molecule has 0 aromatic heterocycles. The van der Waals surface area contributed by atoms with Crippen LogP contribution in [0.2, 0.25) is 10.0 Å². The largest absolute Gasteiger partial charge is 0.486 e. The van der Waals surface area contributed by atoms with Gasteiger partial charge in [0.1, 0.15) is 13.2 Å². The molecule has 1 heterocycles. The molecule has 4 nitrogen and oxygen atoms in total. The van der Waals surface area contributed by atoms with E-state index in [0.717, 1.165) is 5.56 Å². The van der Waals surface area contributed by atoms with Crippen molar-refractivity contribution in [3.63, 3.8) is 0 Å². The van der Waals surface area contributed by atoms with Crippen LogP contribution in [-0.2, 0) is 6.54 Å². The lowest BCUT2D eigenvalue weighted by Gasteiger charge is -2.20. The van der Waals surface area contributed by atoms with E-state index in [2.05, 4.69) is 5.32 Å². The number of benzene rings is 2. The van der Waals surface area contributed by atoms with Crippen LogP contribution in [0.3, 0.4) is 0 Å². The molecule has 0 bridgehead atoms. The van der Waals surface area contributed by atoms with E-state index in [0.29, 0.717) is 46.9 Å². The summed E-state index contributed by atoms with van der Waals surface area (Å²) in [5.74, 6) is 0.984. The molecule has 0 saturated carbocycles. The van der Waals surface area contributed by atoms with Crippen LogP contribution >= 0.6 is 23.2 Å². The summed E-state index contributed by atoms with van der Waals surface area (Å²) in [6.45, 7) is 1.32. The molecule has 3 rings (SSSR count). The Labute approximate surface area is 137 Å². The summed E-state index contributed by atoms with van der Waals surface area (Å²) in [6, 6.07) is 10.3. The number of nitrogens with one attached hydrogen (secondary N) is 1. The molecule has 0 unspecified atom stereocenters. The average Bonchev–Trinajstić information content (AvgIpc) is 2.53. The quantitative estimate of drug-likeness (QED) is 0.928. The van der Waals surface area contributed by atoms with Gasteiger partial charge in [-0.25, -0.2) is 0 Å². The Kier molecular flexibility index (Phi) is 4.41. The van der Waals surface area contributed by atoms with Gasteiger partial charge in [-0.2, -0.15) is 0 Å². The number of fused-ring (bicyclic) bond motifs is 1. The zero-order valence-corrected chi connectivity index (χ0v) is 13.1. The van der Waals surface area contributed by atoms with Crippen molar-refractivity contribution in [2.75, 3.05) is 13.2 Å². The smallest absolute Gasteiger partial charge is 0.251 e. The van der Waals surface area contributed by atoms with Crippen molar-refractivity contribution in [2.24, 2.45) is 0 Å². The zero-order chi connectivity index (χ0) is 15.5. The van der Waals surface area contributed by atoms with E-state index in [1.54, 1.807) is 30.3 Å². The first-order valence-corrected chi connectivity index (χ1v) is 7.51. The summed E-state index contributed by atoms with van der Waals surface area (Å²) in [5, 5.41) is 3.90. The van der Waals surface area contributed by atoms with Crippen LogP contribution < -0.4 is 14.8 Å². The predicted molar refractivity (Wildman–Crippen MR) is 85.1 cm³/mol. The molecule has 1 amide bonds.